The van der Waals surface area contributed by atoms with Crippen molar-refractivity contribution in [3.05, 3.63) is 69.2 Å². The highest BCUT2D eigenvalue weighted by atomic mass is 35.5. The molecule has 0 aliphatic rings. The second kappa shape index (κ2) is 5.68. The molecule has 2 rings (SSSR count). The van der Waals surface area contributed by atoms with E-state index in [9.17, 15) is 13.6 Å². The number of carbonyl (C=O) groups is 1. The Labute approximate surface area is 118 Å². The van der Waals surface area contributed by atoms with E-state index in [0.717, 1.165) is 12.1 Å². The Bertz CT molecular complexity index is 621. The molecule has 0 fully saturated rings. The monoisotopic (exact) mass is 300 g/mol. The largest absolute Gasteiger partial charge is 0.294 e. The summed E-state index contributed by atoms with van der Waals surface area (Å²) in [6.45, 7) is 0. The molecule has 0 aromatic heterocycles. The standard InChI is InChI=1S/C14H8Cl2F2O/c15-10-2-1-3-11(16)9(10)7-14(19)8-4-5-12(17)13(18)6-8/h1-6H,7H2. The van der Waals surface area contributed by atoms with Crippen LogP contribution in [0.5, 0.6) is 0 Å². The molecule has 0 amide bonds. The zero-order chi connectivity index (χ0) is 14.0. The van der Waals surface area contributed by atoms with E-state index in [4.69, 9.17) is 23.2 Å². The van der Waals surface area contributed by atoms with E-state index in [1.165, 1.54) is 6.07 Å². The molecule has 0 bridgehead atoms. The number of hydrogen-bond acceptors (Lipinski definition) is 1. The van der Waals surface area contributed by atoms with E-state index in [0.29, 0.717) is 15.6 Å². The van der Waals surface area contributed by atoms with Gasteiger partial charge in [0.15, 0.2) is 17.4 Å². The zero-order valence-electron chi connectivity index (χ0n) is 9.59. The van der Waals surface area contributed by atoms with Crippen molar-refractivity contribution in [2.75, 3.05) is 0 Å². The third-order valence-corrected chi connectivity index (χ3v) is 3.35. The molecule has 1 nitrogen and oxygen atoms in total. The lowest BCUT2D eigenvalue weighted by molar-refractivity contribution is 0.0992. The molecule has 19 heavy (non-hydrogen) atoms. The summed E-state index contributed by atoms with van der Waals surface area (Å²) in [5.41, 5.74) is 0.551. The minimum atomic E-state index is -1.06. The van der Waals surface area contributed by atoms with Crippen molar-refractivity contribution in [2.45, 2.75) is 6.42 Å². The first-order chi connectivity index (χ1) is 8.99. The van der Waals surface area contributed by atoms with Gasteiger partial charge in [-0.3, -0.25) is 4.79 Å². The van der Waals surface area contributed by atoms with Gasteiger partial charge in [0, 0.05) is 22.0 Å². The van der Waals surface area contributed by atoms with Crippen molar-refractivity contribution in [3.8, 4) is 0 Å². The molecule has 0 aliphatic carbocycles. The summed E-state index contributed by atoms with van der Waals surface area (Å²) in [5.74, 6) is -2.43. The van der Waals surface area contributed by atoms with Crippen molar-refractivity contribution in [1.29, 1.82) is 0 Å². The molecule has 2 aromatic rings. The number of carbonyl (C=O) groups excluding carboxylic acids is 1. The van der Waals surface area contributed by atoms with Crippen LogP contribution in [-0.2, 0) is 6.42 Å². The van der Waals surface area contributed by atoms with Crippen LogP contribution in [0.15, 0.2) is 36.4 Å². The molecule has 0 atom stereocenters. The van der Waals surface area contributed by atoms with Gasteiger partial charge in [-0.15, -0.1) is 0 Å². The fourth-order valence-electron chi connectivity index (χ4n) is 1.63. The molecule has 0 spiro atoms. The molecule has 0 heterocycles. The Morgan fingerprint density at radius 2 is 1.63 bits per heavy atom. The Balaban J connectivity index is 2.28. The van der Waals surface area contributed by atoms with E-state index >= 15 is 0 Å². The maximum atomic E-state index is 13.1. The van der Waals surface area contributed by atoms with Gasteiger partial charge in [0.05, 0.1) is 0 Å². The maximum absolute atomic E-state index is 13.1. The highest BCUT2D eigenvalue weighted by molar-refractivity contribution is 6.36. The summed E-state index contributed by atoms with van der Waals surface area (Å²) in [6, 6.07) is 7.89. The third-order valence-electron chi connectivity index (χ3n) is 2.64. The van der Waals surface area contributed by atoms with Crippen molar-refractivity contribution in [1.82, 2.24) is 0 Å². The van der Waals surface area contributed by atoms with Crippen LogP contribution in [0, 0.1) is 11.6 Å². The number of Topliss-reactive ketones (excluding diaryl/α,β-unsaturated/α-hetero) is 1. The highest BCUT2D eigenvalue weighted by Crippen LogP contribution is 2.25. The van der Waals surface area contributed by atoms with E-state index in [1.54, 1.807) is 18.2 Å². The summed E-state index contributed by atoms with van der Waals surface area (Å²) < 4.78 is 25.8. The number of ketones is 1. The Kier molecular flexibility index (Phi) is 4.17. The number of halogens is 4. The van der Waals surface area contributed by atoms with E-state index < -0.39 is 11.6 Å². The van der Waals surface area contributed by atoms with E-state index in [-0.39, 0.29) is 17.8 Å². The maximum Gasteiger partial charge on any atom is 0.167 e. The second-order valence-electron chi connectivity index (χ2n) is 3.93. The zero-order valence-corrected chi connectivity index (χ0v) is 11.1. The fourth-order valence-corrected chi connectivity index (χ4v) is 2.16. The van der Waals surface area contributed by atoms with Gasteiger partial charge in [0.1, 0.15) is 0 Å². The number of rotatable bonds is 3. The average Bonchev–Trinajstić information content (AvgIpc) is 2.37. The van der Waals surface area contributed by atoms with Crippen molar-refractivity contribution in [3.63, 3.8) is 0 Å². The van der Waals surface area contributed by atoms with Crippen molar-refractivity contribution in [2.24, 2.45) is 0 Å². The van der Waals surface area contributed by atoms with Crippen molar-refractivity contribution < 1.29 is 13.6 Å². The number of hydrogen-bond donors (Lipinski definition) is 0. The predicted molar refractivity (Wildman–Crippen MR) is 70.9 cm³/mol. The lowest BCUT2D eigenvalue weighted by Crippen LogP contribution is -2.05. The minimum absolute atomic E-state index is 0.0659. The molecule has 0 N–H and O–H groups in total. The van der Waals surface area contributed by atoms with Gasteiger partial charge < -0.3 is 0 Å². The van der Waals surface area contributed by atoms with Crippen LogP contribution in [0.25, 0.3) is 0 Å². The van der Waals surface area contributed by atoms with Gasteiger partial charge in [-0.25, -0.2) is 8.78 Å². The molecule has 0 aliphatic heterocycles. The van der Waals surface area contributed by atoms with Crippen LogP contribution < -0.4 is 0 Å². The van der Waals surface area contributed by atoms with Gasteiger partial charge in [0.25, 0.3) is 0 Å². The normalized spacial score (nSPS) is 10.5. The molecule has 98 valence electrons. The lowest BCUT2D eigenvalue weighted by atomic mass is 10.0. The average molecular weight is 301 g/mol. The van der Waals surface area contributed by atoms with Crippen LogP contribution in [-0.4, -0.2) is 5.78 Å². The van der Waals surface area contributed by atoms with Crippen molar-refractivity contribution >= 4 is 29.0 Å². The molecule has 5 heteroatoms. The summed E-state index contributed by atoms with van der Waals surface area (Å²) in [5, 5.41) is 0.729. The third kappa shape index (κ3) is 3.11. The van der Waals surface area contributed by atoms with E-state index in [1.807, 2.05) is 0 Å². The smallest absolute Gasteiger partial charge is 0.167 e. The Morgan fingerprint density at radius 3 is 2.21 bits per heavy atom. The molecular weight excluding hydrogens is 293 g/mol. The Morgan fingerprint density at radius 1 is 1.00 bits per heavy atom. The summed E-state index contributed by atoms with van der Waals surface area (Å²) in [6.07, 6.45) is -0.0659. The fraction of sp³-hybridized carbons (Fsp3) is 0.0714. The topological polar surface area (TPSA) is 17.1 Å². The molecule has 0 saturated carbocycles. The predicted octanol–water partition coefficient (Wildman–Crippen LogP) is 4.70. The highest BCUT2D eigenvalue weighted by Gasteiger charge is 2.14. The molecule has 0 saturated heterocycles. The van der Waals surface area contributed by atoms with Crippen LogP contribution >= 0.6 is 23.2 Å². The quantitative estimate of drug-likeness (QED) is 0.751. The first-order valence-electron chi connectivity index (χ1n) is 5.40. The van der Waals surface area contributed by atoms with Gasteiger partial charge >= 0.3 is 0 Å². The molecule has 0 radical (unpaired) electrons. The minimum Gasteiger partial charge on any atom is -0.294 e. The second-order valence-corrected chi connectivity index (χ2v) is 4.74. The van der Waals surface area contributed by atoms with E-state index in [2.05, 4.69) is 0 Å². The first kappa shape index (κ1) is 14.0. The molecule has 0 unspecified atom stereocenters. The van der Waals surface area contributed by atoms with Crippen LogP contribution in [0.1, 0.15) is 15.9 Å². The summed E-state index contributed by atoms with van der Waals surface area (Å²) >= 11 is 11.9. The van der Waals surface area contributed by atoms with Gasteiger partial charge in [-0.05, 0) is 35.9 Å². The first-order valence-corrected chi connectivity index (χ1v) is 6.16. The Hall–Kier alpha value is -1.45. The van der Waals surface area contributed by atoms with Crippen LogP contribution in [0.3, 0.4) is 0 Å². The summed E-state index contributed by atoms with van der Waals surface area (Å²) in [7, 11) is 0. The number of benzene rings is 2. The lowest BCUT2D eigenvalue weighted by Gasteiger charge is -2.06. The van der Waals surface area contributed by atoms with Crippen LogP contribution in [0.2, 0.25) is 10.0 Å². The van der Waals surface area contributed by atoms with Gasteiger partial charge in [0.2, 0.25) is 0 Å². The molecule has 2 aromatic carbocycles. The molecular formula is C14H8Cl2F2O. The SMILES string of the molecule is O=C(Cc1c(Cl)cccc1Cl)c1ccc(F)c(F)c1. The van der Waals surface area contributed by atoms with Gasteiger partial charge in [-0.2, -0.15) is 0 Å². The van der Waals surface area contributed by atoms with Crippen LogP contribution in [0.4, 0.5) is 8.78 Å². The summed E-state index contributed by atoms with van der Waals surface area (Å²) in [4.78, 5) is 12.0. The van der Waals surface area contributed by atoms with Gasteiger partial charge in [-0.1, -0.05) is 29.3 Å².